The Hall–Kier alpha value is -2.30. The smallest absolute Gasteiger partial charge is 0.115 e. The highest BCUT2D eigenvalue weighted by molar-refractivity contribution is 9.10. The van der Waals surface area contributed by atoms with Crippen molar-refractivity contribution in [2.75, 3.05) is 18.5 Å². The molecule has 4 rings (SSSR count). The molecule has 0 saturated heterocycles. The lowest BCUT2D eigenvalue weighted by atomic mass is 10.00. The Morgan fingerprint density at radius 3 is 2.50 bits per heavy atom. The number of rotatable bonds is 3. The van der Waals surface area contributed by atoms with Crippen LogP contribution in [-0.4, -0.2) is 30.5 Å². The Bertz CT molecular complexity index is 1020. The Balaban J connectivity index is 1.79. The second kappa shape index (κ2) is 7.98. The molecule has 1 aliphatic rings. The first-order chi connectivity index (χ1) is 13.5. The molecular weight excluding hydrogens is 436 g/mol. The van der Waals surface area contributed by atoms with Crippen LogP contribution in [0.1, 0.15) is 16.7 Å². The molecule has 1 atom stereocenters. The van der Waals surface area contributed by atoms with Crippen LogP contribution in [0.25, 0.3) is 0 Å². The Morgan fingerprint density at radius 1 is 1.07 bits per heavy atom. The number of aromatic hydroxyl groups is 1. The monoisotopic (exact) mass is 454 g/mol. The molecule has 0 aliphatic carbocycles. The summed E-state index contributed by atoms with van der Waals surface area (Å²) in [7, 11) is 2.09. The summed E-state index contributed by atoms with van der Waals surface area (Å²) in [6.07, 6.45) is 0.848. The highest BCUT2D eigenvalue weighted by Gasteiger charge is 2.23. The standard InChI is InChI=1S/C23H20BrClN2O/c1-27-14-19(12-15-2-6-17(24)7-3-15)26-23(16-4-9-20(28)10-5-16)21-13-18(25)8-11-22(21)27/h2-11,13,19,28H,12,14H2,1H3. The number of fused-ring (bicyclic) bond motifs is 1. The summed E-state index contributed by atoms with van der Waals surface area (Å²) in [5.74, 6) is 0.243. The van der Waals surface area contributed by atoms with E-state index in [1.165, 1.54) is 5.56 Å². The van der Waals surface area contributed by atoms with Gasteiger partial charge in [0.1, 0.15) is 5.75 Å². The number of hydrogen-bond acceptors (Lipinski definition) is 3. The van der Waals surface area contributed by atoms with Crippen LogP contribution in [0, 0.1) is 0 Å². The van der Waals surface area contributed by atoms with Gasteiger partial charge in [0, 0.05) is 39.9 Å². The zero-order chi connectivity index (χ0) is 19.7. The second-order valence-corrected chi connectivity index (χ2v) is 8.40. The largest absolute Gasteiger partial charge is 0.508 e. The predicted molar refractivity (Wildman–Crippen MR) is 120 cm³/mol. The van der Waals surface area contributed by atoms with Gasteiger partial charge in [-0.15, -0.1) is 0 Å². The van der Waals surface area contributed by atoms with E-state index in [1.807, 2.05) is 24.3 Å². The van der Waals surface area contributed by atoms with Gasteiger partial charge in [0.15, 0.2) is 0 Å². The Kier molecular flexibility index (Phi) is 5.42. The number of benzene rings is 3. The molecule has 0 fully saturated rings. The van der Waals surface area contributed by atoms with Crippen molar-refractivity contribution in [1.82, 2.24) is 0 Å². The van der Waals surface area contributed by atoms with Gasteiger partial charge in [-0.25, -0.2) is 0 Å². The highest BCUT2D eigenvalue weighted by Crippen LogP contribution is 2.30. The minimum Gasteiger partial charge on any atom is -0.508 e. The molecule has 142 valence electrons. The number of phenols is 1. The zero-order valence-corrected chi connectivity index (χ0v) is 17.8. The Labute approximate surface area is 178 Å². The molecule has 1 heterocycles. The number of aliphatic imine (C=N–C) groups is 1. The maximum Gasteiger partial charge on any atom is 0.115 e. The lowest BCUT2D eigenvalue weighted by molar-refractivity contribution is 0.475. The van der Waals surface area contributed by atoms with Crippen LogP contribution in [0.3, 0.4) is 0 Å². The lowest BCUT2D eigenvalue weighted by Gasteiger charge is -2.22. The zero-order valence-electron chi connectivity index (χ0n) is 15.4. The van der Waals surface area contributed by atoms with E-state index < -0.39 is 0 Å². The van der Waals surface area contributed by atoms with Gasteiger partial charge in [-0.2, -0.15) is 0 Å². The number of hydrogen-bond donors (Lipinski definition) is 1. The molecule has 0 amide bonds. The first kappa shape index (κ1) is 19.0. The molecule has 3 nitrogen and oxygen atoms in total. The van der Waals surface area contributed by atoms with E-state index in [0.29, 0.717) is 5.02 Å². The van der Waals surface area contributed by atoms with Crippen LogP contribution in [0.2, 0.25) is 5.02 Å². The van der Waals surface area contributed by atoms with Gasteiger partial charge in [0.2, 0.25) is 0 Å². The molecule has 0 saturated carbocycles. The molecule has 0 bridgehead atoms. The summed E-state index contributed by atoms with van der Waals surface area (Å²) in [4.78, 5) is 7.39. The average Bonchev–Trinajstić information content (AvgIpc) is 2.81. The van der Waals surface area contributed by atoms with Gasteiger partial charge in [-0.05, 0) is 66.6 Å². The van der Waals surface area contributed by atoms with Crippen molar-refractivity contribution in [2.45, 2.75) is 12.5 Å². The first-order valence-corrected chi connectivity index (χ1v) is 10.3. The SMILES string of the molecule is CN1CC(Cc2ccc(Br)cc2)N=C(c2ccc(O)cc2)c2cc(Cl)ccc21. The van der Waals surface area contributed by atoms with Crippen molar-refractivity contribution in [2.24, 2.45) is 4.99 Å². The van der Waals surface area contributed by atoms with Gasteiger partial charge < -0.3 is 10.0 Å². The molecule has 1 unspecified atom stereocenters. The van der Waals surface area contributed by atoms with Gasteiger partial charge in [0.05, 0.1) is 11.8 Å². The molecule has 5 heteroatoms. The molecule has 1 aliphatic heterocycles. The van der Waals surface area contributed by atoms with Gasteiger partial charge in [0.25, 0.3) is 0 Å². The third kappa shape index (κ3) is 4.08. The third-order valence-corrected chi connectivity index (χ3v) is 5.71. The van der Waals surface area contributed by atoms with E-state index in [0.717, 1.165) is 40.0 Å². The van der Waals surface area contributed by atoms with Gasteiger partial charge >= 0.3 is 0 Å². The minimum absolute atomic E-state index is 0.0983. The number of benzodiazepines with no additional fused rings is 1. The van der Waals surface area contributed by atoms with E-state index in [2.05, 4.69) is 58.2 Å². The fraction of sp³-hybridized carbons (Fsp3) is 0.174. The molecule has 1 N–H and O–H groups in total. The minimum atomic E-state index is 0.0983. The molecule has 0 spiro atoms. The summed E-state index contributed by atoms with van der Waals surface area (Å²) in [5.41, 5.74) is 5.24. The first-order valence-electron chi connectivity index (χ1n) is 9.12. The van der Waals surface area contributed by atoms with Crippen molar-refractivity contribution in [3.63, 3.8) is 0 Å². The second-order valence-electron chi connectivity index (χ2n) is 7.05. The van der Waals surface area contributed by atoms with Crippen LogP contribution in [0.5, 0.6) is 5.75 Å². The van der Waals surface area contributed by atoms with Crippen LogP contribution < -0.4 is 4.90 Å². The van der Waals surface area contributed by atoms with Crippen LogP contribution in [-0.2, 0) is 6.42 Å². The highest BCUT2D eigenvalue weighted by atomic mass is 79.9. The van der Waals surface area contributed by atoms with E-state index in [9.17, 15) is 5.11 Å². The number of likely N-dealkylation sites (N-methyl/N-ethyl adjacent to an activating group) is 1. The number of nitrogens with zero attached hydrogens (tertiary/aromatic N) is 2. The van der Waals surface area contributed by atoms with E-state index >= 15 is 0 Å². The maximum absolute atomic E-state index is 9.69. The van der Waals surface area contributed by atoms with Crippen molar-refractivity contribution >= 4 is 38.9 Å². The van der Waals surface area contributed by atoms with Crippen molar-refractivity contribution < 1.29 is 5.11 Å². The maximum atomic E-state index is 9.69. The molecule has 28 heavy (non-hydrogen) atoms. The molecule has 3 aromatic carbocycles. The quantitative estimate of drug-likeness (QED) is 0.549. The summed E-state index contributed by atoms with van der Waals surface area (Å²) >= 11 is 9.81. The molecule has 0 aromatic heterocycles. The van der Waals surface area contributed by atoms with Crippen molar-refractivity contribution in [3.8, 4) is 5.75 Å². The molecule has 0 radical (unpaired) electrons. The fourth-order valence-electron chi connectivity index (χ4n) is 3.59. The van der Waals surface area contributed by atoms with Gasteiger partial charge in [-0.3, -0.25) is 4.99 Å². The van der Waals surface area contributed by atoms with Crippen LogP contribution >= 0.6 is 27.5 Å². The molecular formula is C23H20BrClN2O. The average molecular weight is 456 g/mol. The van der Waals surface area contributed by atoms with Crippen molar-refractivity contribution in [1.29, 1.82) is 0 Å². The van der Waals surface area contributed by atoms with Crippen molar-refractivity contribution in [3.05, 3.63) is 92.9 Å². The predicted octanol–water partition coefficient (Wildman–Crippen LogP) is 5.71. The summed E-state index contributed by atoms with van der Waals surface area (Å²) < 4.78 is 1.07. The number of phenolic OH excluding ortho intramolecular Hbond substituents is 1. The van der Waals surface area contributed by atoms with Crippen LogP contribution in [0.4, 0.5) is 5.69 Å². The fourth-order valence-corrected chi connectivity index (χ4v) is 4.03. The summed E-state index contributed by atoms with van der Waals surface area (Å²) in [6, 6.07) is 21.6. The van der Waals surface area contributed by atoms with Crippen LogP contribution in [0.15, 0.2) is 76.2 Å². The van der Waals surface area contributed by atoms with E-state index in [-0.39, 0.29) is 11.8 Å². The normalized spacial score (nSPS) is 16.3. The summed E-state index contributed by atoms with van der Waals surface area (Å²) in [5, 5.41) is 10.4. The van der Waals surface area contributed by atoms with E-state index in [1.54, 1.807) is 12.1 Å². The molecule has 3 aromatic rings. The topological polar surface area (TPSA) is 35.8 Å². The summed E-state index contributed by atoms with van der Waals surface area (Å²) in [6.45, 7) is 0.812. The number of anilines is 1. The van der Waals surface area contributed by atoms with E-state index in [4.69, 9.17) is 16.6 Å². The lowest BCUT2D eigenvalue weighted by Crippen LogP contribution is -2.28. The Morgan fingerprint density at radius 2 is 1.79 bits per heavy atom. The van der Waals surface area contributed by atoms with Gasteiger partial charge in [-0.1, -0.05) is 39.7 Å². The third-order valence-electron chi connectivity index (χ3n) is 4.95. The number of halogens is 2.